The molecular weight excluding hydrogens is 524 g/mol. The van der Waals surface area contributed by atoms with Gasteiger partial charge in [-0.05, 0) is 49.7 Å². The van der Waals surface area contributed by atoms with E-state index in [2.05, 4.69) is 0 Å². The molecule has 0 N–H and O–H groups in total. The summed E-state index contributed by atoms with van der Waals surface area (Å²) in [6.07, 6.45) is -4.51. The molecule has 1 amide bonds. The second kappa shape index (κ2) is 9.39. The van der Waals surface area contributed by atoms with Crippen LogP contribution < -0.4 is 4.90 Å². The van der Waals surface area contributed by atoms with Crippen LogP contribution in [0.2, 0.25) is 0 Å². The van der Waals surface area contributed by atoms with E-state index in [-0.39, 0.29) is 23.3 Å². The molecule has 2 aromatic carbocycles. The first-order chi connectivity index (χ1) is 17.0. The Morgan fingerprint density at radius 1 is 1.06 bits per heavy atom. The molecule has 36 heavy (non-hydrogen) atoms. The molecule has 0 bridgehead atoms. The van der Waals surface area contributed by atoms with E-state index in [0.29, 0.717) is 16.4 Å². The van der Waals surface area contributed by atoms with Crippen molar-refractivity contribution in [3.8, 4) is 0 Å². The Hall–Kier alpha value is -2.56. The van der Waals surface area contributed by atoms with E-state index in [0.717, 1.165) is 42.7 Å². The van der Waals surface area contributed by atoms with Gasteiger partial charge < -0.3 is 0 Å². The first kappa shape index (κ1) is 25.1. The van der Waals surface area contributed by atoms with Gasteiger partial charge in [-0.1, -0.05) is 49.5 Å². The van der Waals surface area contributed by atoms with Crippen molar-refractivity contribution in [3.05, 3.63) is 64.3 Å². The van der Waals surface area contributed by atoms with E-state index in [9.17, 15) is 18.0 Å². The van der Waals surface area contributed by atoms with Crippen LogP contribution in [0.4, 0.5) is 24.5 Å². The maximum Gasteiger partial charge on any atom is 0.416 e. The molecule has 0 atom stereocenters. The number of para-hydroxylation sites is 1. The number of anilines is 2. The van der Waals surface area contributed by atoms with Crippen molar-refractivity contribution in [2.24, 2.45) is 0 Å². The largest absolute Gasteiger partial charge is 0.416 e. The number of thiophene rings is 1. The Bertz CT molecular complexity index is 1500. The number of carbonyl (C=O) groups excluding carboxylic acids is 1. The van der Waals surface area contributed by atoms with Crippen LogP contribution in [-0.4, -0.2) is 21.6 Å². The molecule has 186 valence electrons. The van der Waals surface area contributed by atoms with Crippen molar-refractivity contribution in [2.75, 3.05) is 10.7 Å². The van der Waals surface area contributed by atoms with Crippen LogP contribution in [0, 0.1) is 13.8 Å². The number of thioether (sulfide) groups is 1. The van der Waals surface area contributed by atoms with Gasteiger partial charge in [0, 0.05) is 26.0 Å². The van der Waals surface area contributed by atoms with Crippen molar-refractivity contribution >= 4 is 62.4 Å². The average molecular weight is 546 g/mol. The highest BCUT2D eigenvalue weighted by Crippen LogP contribution is 2.50. The molecular formula is C26H22F3N3OS3. The fourth-order valence-electron chi connectivity index (χ4n) is 3.99. The summed E-state index contributed by atoms with van der Waals surface area (Å²) >= 11 is 4.27. The van der Waals surface area contributed by atoms with Gasteiger partial charge in [0.1, 0.15) is 15.7 Å². The van der Waals surface area contributed by atoms with Crippen molar-refractivity contribution in [1.29, 1.82) is 0 Å². The van der Waals surface area contributed by atoms with Gasteiger partial charge in [0.25, 0.3) is 0 Å². The fraction of sp³-hybridized carbons (Fsp3) is 0.269. The lowest BCUT2D eigenvalue weighted by atomic mass is 10.1. The Kier molecular flexibility index (Phi) is 6.55. The topological polar surface area (TPSA) is 46.1 Å². The number of amides is 1. The summed E-state index contributed by atoms with van der Waals surface area (Å²) in [5.74, 6) is 0.535. The summed E-state index contributed by atoms with van der Waals surface area (Å²) in [7, 11) is 0. The lowest BCUT2D eigenvalue weighted by molar-refractivity contribution is -0.137. The number of fused-ring (bicyclic) bond motifs is 3. The molecule has 10 heteroatoms. The van der Waals surface area contributed by atoms with Gasteiger partial charge in [0.2, 0.25) is 5.91 Å². The summed E-state index contributed by atoms with van der Waals surface area (Å²) in [5.41, 5.74) is 1.13. The molecule has 1 aliphatic heterocycles. The van der Waals surface area contributed by atoms with E-state index in [1.807, 2.05) is 39.8 Å². The zero-order valence-corrected chi connectivity index (χ0v) is 22.4. The van der Waals surface area contributed by atoms with Crippen molar-refractivity contribution in [2.45, 2.75) is 54.6 Å². The van der Waals surface area contributed by atoms with Crippen molar-refractivity contribution < 1.29 is 18.0 Å². The van der Waals surface area contributed by atoms with Crippen LogP contribution in [0.3, 0.4) is 0 Å². The molecule has 0 unspecified atom stereocenters. The standard InChI is InChI=1S/C26H22F3N3OS3/c1-13(2)23-30-24(22-14(3)15(4)35-25(22)31-23)34-12-21(33)32-17-7-5-6-8-19(17)36-20-10-9-16(11-18(20)32)26(27,28)29/h5-11,13H,12H2,1-4H3. The summed E-state index contributed by atoms with van der Waals surface area (Å²) in [6.45, 7) is 8.09. The maximum absolute atomic E-state index is 13.7. The van der Waals surface area contributed by atoms with E-state index in [1.165, 1.54) is 34.5 Å². The third-order valence-corrected chi connectivity index (χ3v) is 9.16. The van der Waals surface area contributed by atoms with Gasteiger partial charge in [-0.15, -0.1) is 11.3 Å². The van der Waals surface area contributed by atoms with E-state index in [4.69, 9.17) is 9.97 Å². The van der Waals surface area contributed by atoms with Gasteiger partial charge in [-0.25, -0.2) is 9.97 Å². The molecule has 3 heterocycles. The molecule has 0 spiro atoms. The molecule has 1 aliphatic rings. The minimum absolute atomic E-state index is 0.0205. The van der Waals surface area contributed by atoms with Crippen LogP contribution in [0.15, 0.2) is 57.3 Å². The minimum Gasteiger partial charge on any atom is -0.278 e. The predicted molar refractivity (Wildman–Crippen MR) is 141 cm³/mol. The maximum atomic E-state index is 13.7. The molecule has 4 nitrogen and oxygen atoms in total. The lowest BCUT2D eigenvalue weighted by Crippen LogP contribution is -2.30. The van der Waals surface area contributed by atoms with E-state index < -0.39 is 11.7 Å². The number of alkyl halides is 3. The third kappa shape index (κ3) is 4.50. The fourth-order valence-corrected chi connectivity index (χ4v) is 7.07. The second-order valence-corrected chi connectivity index (χ2v) is 12.0. The number of aryl methyl sites for hydroxylation is 2. The molecule has 5 rings (SSSR count). The molecule has 0 radical (unpaired) electrons. The van der Waals surface area contributed by atoms with E-state index >= 15 is 0 Å². The summed E-state index contributed by atoms with van der Waals surface area (Å²) in [4.78, 5) is 28.0. The van der Waals surface area contributed by atoms with Gasteiger partial charge in [-0.3, -0.25) is 9.69 Å². The minimum atomic E-state index is -4.51. The third-order valence-electron chi connectivity index (χ3n) is 5.96. The first-order valence-corrected chi connectivity index (χ1v) is 13.9. The molecule has 0 saturated carbocycles. The van der Waals surface area contributed by atoms with E-state index in [1.54, 1.807) is 23.5 Å². The van der Waals surface area contributed by atoms with Crippen molar-refractivity contribution in [3.63, 3.8) is 0 Å². The smallest absolute Gasteiger partial charge is 0.278 e. The monoisotopic (exact) mass is 545 g/mol. The summed E-state index contributed by atoms with van der Waals surface area (Å²) in [5, 5.41) is 1.66. The average Bonchev–Trinajstić information content (AvgIpc) is 3.13. The summed E-state index contributed by atoms with van der Waals surface area (Å²) < 4.78 is 40.5. The van der Waals surface area contributed by atoms with Crippen LogP contribution in [-0.2, 0) is 11.0 Å². The Labute approximate surface area is 219 Å². The molecule has 0 saturated heterocycles. The number of halogens is 3. The van der Waals surface area contributed by atoms with Crippen LogP contribution in [0.25, 0.3) is 10.2 Å². The highest BCUT2D eigenvalue weighted by Gasteiger charge is 2.35. The van der Waals surface area contributed by atoms with Crippen molar-refractivity contribution in [1.82, 2.24) is 9.97 Å². The Balaban J connectivity index is 1.54. The first-order valence-electron chi connectivity index (χ1n) is 11.3. The molecule has 0 aliphatic carbocycles. The number of rotatable bonds is 4. The zero-order valence-electron chi connectivity index (χ0n) is 19.9. The number of aromatic nitrogens is 2. The highest BCUT2D eigenvalue weighted by atomic mass is 32.2. The molecule has 2 aromatic heterocycles. The predicted octanol–water partition coefficient (Wildman–Crippen LogP) is 8.37. The summed E-state index contributed by atoms with van der Waals surface area (Å²) in [6, 6.07) is 10.8. The van der Waals surface area contributed by atoms with Gasteiger partial charge >= 0.3 is 6.18 Å². The Morgan fingerprint density at radius 2 is 1.78 bits per heavy atom. The van der Waals surface area contributed by atoms with Gasteiger partial charge in [0.05, 0.1) is 22.7 Å². The zero-order chi connectivity index (χ0) is 25.8. The Morgan fingerprint density at radius 3 is 2.50 bits per heavy atom. The number of hydrogen-bond acceptors (Lipinski definition) is 6. The number of nitrogens with zero attached hydrogens (tertiary/aromatic N) is 3. The van der Waals surface area contributed by atoms with Gasteiger partial charge in [-0.2, -0.15) is 13.2 Å². The highest BCUT2D eigenvalue weighted by molar-refractivity contribution is 8.00. The van der Waals surface area contributed by atoms with Crippen LogP contribution >= 0.6 is 34.9 Å². The van der Waals surface area contributed by atoms with Gasteiger partial charge in [0.15, 0.2) is 0 Å². The lowest BCUT2D eigenvalue weighted by Gasteiger charge is -2.31. The normalized spacial score (nSPS) is 13.3. The molecule has 4 aromatic rings. The number of hydrogen-bond donors (Lipinski definition) is 0. The molecule has 0 fully saturated rings. The number of carbonyl (C=O) groups is 1. The van der Waals surface area contributed by atoms with Crippen LogP contribution in [0.5, 0.6) is 0 Å². The van der Waals surface area contributed by atoms with Crippen LogP contribution in [0.1, 0.15) is 41.6 Å². The number of benzene rings is 2. The second-order valence-electron chi connectivity index (χ2n) is 8.77. The SMILES string of the molecule is Cc1sc2nc(C(C)C)nc(SCC(=O)N3c4ccccc4Sc4ccc(C(F)(F)F)cc43)c2c1C. The quantitative estimate of drug-likeness (QED) is 0.190.